The van der Waals surface area contributed by atoms with Gasteiger partial charge in [-0.25, -0.2) is 0 Å². The summed E-state index contributed by atoms with van der Waals surface area (Å²) in [6.45, 7) is -0.180. The number of hydrogen-bond acceptors (Lipinski definition) is 4. The van der Waals surface area contributed by atoms with E-state index in [1.807, 2.05) is 17.8 Å². The quantitative estimate of drug-likeness (QED) is 0.924. The highest BCUT2D eigenvalue weighted by Gasteiger charge is 2.30. The number of thioether (sulfide) groups is 1. The molecule has 3 rings (SSSR count). The maximum atomic E-state index is 12.8. The number of nitrogens with zero attached hydrogens (tertiary/aromatic N) is 1. The van der Waals surface area contributed by atoms with Crippen molar-refractivity contribution in [1.82, 2.24) is 4.90 Å². The number of carbonyl (C=O) groups excluding carboxylic acids is 1. The van der Waals surface area contributed by atoms with Crippen LogP contribution in [0.1, 0.15) is 45.8 Å². The van der Waals surface area contributed by atoms with Gasteiger partial charge in [0.2, 0.25) is 0 Å². The molecule has 1 aromatic rings. The zero-order valence-electron chi connectivity index (χ0n) is 11.8. The maximum Gasteiger partial charge on any atom is 0.323 e. The highest BCUT2D eigenvalue weighted by molar-refractivity contribution is 7.98. The third-order valence-corrected chi connectivity index (χ3v) is 6.40. The van der Waals surface area contributed by atoms with Crippen molar-refractivity contribution in [2.45, 2.75) is 43.9 Å². The molecule has 1 fully saturated rings. The van der Waals surface area contributed by atoms with Crippen LogP contribution in [0.25, 0.3) is 0 Å². The van der Waals surface area contributed by atoms with Gasteiger partial charge in [-0.2, -0.15) is 11.8 Å². The van der Waals surface area contributed by atoms with Crippen LogP contribution < -0.4 is 0 Å². The van der Waals surface area contributed by atoms with Crippen molar-refractivity contribution < 1.29 is 14.7 Å². The maximum absolute atomic E-state index is 12.8. The number of carbonyl (C=O) groups is 2. The fourth-order valence-corrected chi connectivity index (χ4v) is 5.45. The van der Waals surface area contributed by atoms with Crippen molar-refractivity contribution in [3.8, 4) is 0 Å². The second-order valence-electron chi connectivity index (χ2n) is 5.63. The summed E-state index contributed by atoms with van der Waals surface area (Å²) in [4.78, 5) is 27.5. The molecule has 21 heavy (non-hydrogen) atoms. The third-order valence-electron chi connectivity index (χ3n) is 4.17. The lowest BCUT2D eigenvalue weighted by atomic mass is 10.2. The highest BCUT2D eigenvalue weighted by Crippen LogP contribution is 2.33. The molecule has 0 aromatic carbocycles. The van der Waals surface area contributed by atoms with Crippen molar-refractivity contribution in [2.24, 2.45) is 0 Å². The Bertz CT molecular complexity index is 526. The van der Waals surface area contributed by atoms with Crippen LogP contribution in [-0.4, -0.2) is 40.2 Å². The summed E-state index contributed by atoms with van der Waals surface area (Å²) in [7, 11) is 0. The molecule has 1 aliphatic heterocycles. The van der Waals surface area contributed by atoms with Gasteiger partial charge in [-0.1, -0.05) is 12.8 Å². The monoisotopic (exact) mass is 325 g/mol. The molecule has 2 aliphatic rings. The summed E-state index contributed by atoms with van der Waals surface area (Å²) in [6.07, 6.45) is 5.07. The average molecular weight is 325 g/mol. The van der Waals surface area contributed by atoms with Crippen molar-refractivity contribution in [1.29, 1.82) is 0 Å². The molecule has 2 heterocycles. The molecule has 1 aromatic heterocycles. The van der Waals surface area contributed by atoms with Crippen LogP contribution in [-0.2, 0) is 17.0 Å². The molecule has 0 bridgehead atoms. The lowest BCUT2D eigenvalue weighted by molar-refractivity contribution is -0.138. The molecule has 6 heteroatoms. The predicted octanol–water partition coefficient (Wildman–Crippen LogP) is 3.01. The Kier molecular flexibility index (Phi) is 4.54. The minimum Gasteiger partial charge on any atom is -0.480 e. The fourth-order valence-electron chi connectivity index (χ4n) is 3.12. The number of thiophene rings is 1. The average Bonchev–Trinajstić information content (AvgIpc) is 3.12. The Morgan fingerprint density at radius 1 is 1.33 bits per heavy atom. The Balaban J connectivity index is 1.82. The second-order valence-corrected chi connectivity index (χ2v) is 7.87. The third kappa shape index (κ3) is 3.26. The van der Waals surface area contributed by atoms with Gasteiger partial charge in [0, 0.05) is 16.7 Å². The lowest BCUT2D eigenvalue weighted by Crippen LogP contribution is -2.42. The van der Waals surface area contributed by atoms with Gasteiger partial charge in [0.05, 0.1) is 4.88 Å². The SMILES string of the molecule is O=C(O)CN(C(=O)c1cc2c(s1)CCSC2)C1CCCC1. The van der Waals surface area contributed by atoms with Crippen molar-refractivity contribution in [3.05, 3.63) is 21.4 Å². The second kappa shape index (κ2) is 6.40. The van der Waals surface area contributed by atoms with E-state index in [0.717, 1.165) is 48.5 Å². The van der Waals surface area contributed by atoms with Crippen molar-refractivity contribution in [3.63, 3.8) is 0 Å². The topological polar surface area (TPSA) is 57.6 Å². The first-order valence-corrected chi connectivity index (χ1v) is 9.34. The highest BCUT2D eigenvalue weighted by atomic mass is 32.2. The molecule has 0 radical (unpaired) electrons. The summed E-state index contributed by atoms with van der Waals surface area (Å²) in [5, 5.41) is 9.11. The molecule has 0 spiro atoms. The van der Waals surface area contributed by atoms with Crippen molar-refractivity contribution >= 4 is 35.0 Å². The minimum absolute atomic E-state index is 0.0892. The number of carboxylic acids is 1. The number of carboxylic acid groups (broad SMARTS) is 1. The van der Waals surface area contributed by atoms with E-state index in [0.29, 0.717) is 0 Å². The van der Waals surface area contributed by atoms with Gasteiger partial charge in [0.1, 0.15) is 6.54 Å². The van der Waals surface area contributed by atoms with Crippen LogP contribution in [0.15, 0.2) is 6.07 Å². The number of fused-ring (bicyclic) bond motifs is 1. The van der Waals surface area contributed by atoms with Crippen LogP contribution in [0.2, 0.25) is 0 Å². The molecular weight excluding hydrogens is 306 g/mol. The number of amides is 1. The zero-order valence-corrected chi connectivity index (χ0v) is 13.5. The number of aliphatic carboxylic acids is 1. The zero-order chi connectivity index (χ0) is 14.8. The molecule has 1 N–H and O–H groups in total. The first-order valence-electron chi connectivity index (χ1n) is 7.37. The molecule has 4 nitrogen and oxygen atoms in total. The largest absolute Gasteiger partial charge is 0.480 e. The van der Waals surface area contributed by atoms with Crippen LogP contribution >= 0.6 is 23.1 Å². The Hall–Kier alpha value is -1.01. The summed E-state index contributed by atoms with van der Waals surface area (Å²) in [5.74, 6) is 1.07. The van der Waals surface area contributed by atoms with Crippen LogP contribution in [0.3, 0.4) is 0 Å². The Labute approximate surface area is 132 Å². The van der Waals surface area contributed by atoms with E-state index in [1.165, 1.54) is 10.4 Å². The number of rotatable bonds is 4. The Morgan fingerprint density at radius 3 is 2.76 bits per heavy atom. The Morgan fingerprint density at radius 2 is 2.10 bits per heavy atom. The normalized spacial score (nSPS) is 18.5. The standard InChI is InChI=1S/C15H19NO3S2/c17-14(18)8-16(11-3-1-2-4-11)15(19)13-7-10-9-20-6-5-12(10)21-13/h7,11H,1-6,8-9H2,(H,17,18). The van der Waals surface area contributed by atoms with E-state index in [9.17, 15) is 9.59 Å². The molecular formula is C15H19NO3S2. The van der Waals surface area contributed by atoms with Gasteiger partial charge in [0.15, 0.2) is 0 Å². The fraction of sp³-hybridized carbons (Fsp3) is 0.600. The van der Waals surface area contributed by atoms with Crippen molar-refractivity contribution in [2.75, 3.05) is 12.3 Å². The van der Waals surface area contributed by atoms with Gasteiger partial charge in [0.25, 0.3) is 5.91 Å². The van der Waals surface area contributed by atoms with Gasteiger partial charge in [-0.05, 0) is 36.6 Å². The van der Waals surface area contributed by atoms with E-state index in [2.05, 4.69) is 0 Å². The van der Waals surface area contributed by atoms with E-state index >= 15 is 0 Å². The summed E-state index contributed by atoms with van der Waals surface area (Å²) in [5.41, 5.74) is 1.27. The number of aryl methyl sites for hydroxylation is 1. The van der Waals surface area contributed by atoms with Gasteiger partial charge in [-0.3, -0.25) is 9.59 Å². The molecule has 0 atom stereocenters. The number of hydrogen-bond donors (Lipinski definition) is 1. The van der Waals surface area contributed by atoms with Crippen LogP contribution in [0.4, 0.5) is 0 Å². The minimum atomic E-state index is -0.924. The molecule has 114 valence electrons. The lowest BCUT2D eigenvalue weighted by Gasteiger charge is -2.26. The van der Waals surface area contributed by atoms with Crippen LogP contribution in [0.5, 0.6) is 0 Å². The molecule has 1 saturated carbocycles. The van der Waals surface area contributed by atoms with E-state index in [1.54, 1.807) is 16.2 Å². The van der Waals surface area contributed by atoms with E-state index in [-0.39, 0.29) is 18.5 Å². The molecule has 0 unspecified atom stereocenters. The molecule has 1 aliphatic carbocycles. The summed E-state index contributed by atoms with van der Waals surface area (Å²) < 4.78 is 0. The summed E-state index contributed by atoms with van der Waals surface area (Å²) in [6, 6.07) is 2.08. The molecule has 0 saturated heterocycles. The smallest absolute Gasteiger partial charge is 0.323 e. The summed E-state index contributed by atoms with van der Waals surface area (Å²) >= 11 is 3.45. The first kappa shape index (κ1) is 14.9. The van der Waals surface area contributed by atoms with Gasteiger partial charge in [-0.15, -0.1) is 11.3 Å². The van der Waals surface area contributed by atoms with Gasteiger partial charge < -0.3 is 10.0 Å². The van der Waals surface area contributed by atoms with E-state index < -0.39 is 5.97 Å². The molecule has 1 amide bonds. The first-order chi connectivity index (χ1) is 10.1. The predicted molar refractivity (Wildman–Crippen MR) is 85.1 cm³/mol. The van der Waals surface area contributed by atoms with E-state index in [4.69, 9.17) is 5.11 Å². The van der Waals surface area contributed by atoms with Gasteiger partial charge >= 0.3 is 5.97 Å². The van der Waals surface area contributed by atoms with Crippen LogP contribution in [0, 0.1) is 0 Å².